The highest BCUT2D eigenvalue weighted by Gasteiger charge is 2.47. The molecule has 0 amide bonds. The van der Waals surface area contributed by atoms with Gasteiger partial charge in [0.2, 0.25) is 0 Å². The Hall–Kier alpha value is -1.99. The smallest absolute Gasteiger partial charge is 0.466 e. The van der Waals surface area contributed by atoms with Crippen molar-refractivity contribution < 1.29 is 47.3 Å². The largest absolute Gasteiger partial charge is 0.698 e. The van der Waals surface area contributed by atoms with Gasteiger partial charge in [-0.1, -0.05) is 4.52 Å². The zero-order chi connectivity index (χ0) is 22.1. The van der Waals surface area contributed by atoms with E-state index < -0.39 is 58.5 Å². The predicted octanol–water partition coefficient (Wildman–Crippen LogP) is -0.395. The number of aromatic nitrogens is 2. The Kier molecular flexibility index (Phi) is 6.82. The number of nitrogen functional groups attached to an aromatic ring is 1. The van der Waals surface area contributed by atoms with E-state index in [0.717, 1.165) is 10.8 Å². The van der Waals surface area contributed by atoms with Crippen LogP contribution in [0.1, 0.15) is 17.8 Å². The molecule has 1 unspecified atom stereocenters. The SMILES string of the molecule is Nc1ccn([C@@H]2O[C@H](CO[P+](=O)O[C@@H](c3ccco3)P(=O)(O)O)[C@@H](O)[C@H]2O)c(=O)n1. The number of hydrogen-bond donors (Lipinski definition) is 5. The van der Waals surface area contributed by atoms with Crippen LogP contribution in [0.2, 0.25) is 0 Å². The summed E-state index contributed by atoms with van der Waals surface area (Å²) < 4.78 is 44.4. The van der Waals surface area contributed by atoms with Gasteiger partial charge in [-0.3, -0.25) is 9.13 Å². The topological polar surface area (TPSA) is 217 Å². The van der Waals surface area contributed by atoms with Gasteiger partial charge >= 0.3 is 21.5 Å². The summed E-state index contributed by atoms with van der Waals surface area (Å²) in [6, 6.07) is 3.86. The lowest BCUT2D eigenvalue weighted by Crippen LogP contribution is -2.36. The van der Waals surface area contributed by atoms with Gasteiger partial charge in [0.15, 0.2) is 6.23 Å². The van der Waals surface area contributed by atoms with Crippen LogP contribution < -0.4 is 11.4 Å². The lowest BCUT2D eigenvalue weighted by Gasteiger charge is -2.16. The van der Waals surface area contributed by atoms with Crippen molar-refractivity contribution in [2.24, 2.45) is 0 Å². The molecule has 0 radical (unpaired) electrons. The summed E-state index contributed by atoms with van der Waals surface area (Å²) >= 11 is 0. The highest BCUT2D eigenvalue weighted by atomic mass is 31.2. The van der Waals surface area contributed by atoms with E-state index in [0.29, 0.717) is 0 Å². The minimum atomic E-state index is -4.90. The minimum Gasteiger partial charge on any atom is -0.466 e. The van der Waals surface area contributed by atoms with E-state index in [2.05, 4.69) is 4.98 Å². The van der Waals surface area contributed by atoms with Crippen LogP contribution in [0.15, 0.2) is 39.9 Å². The Morgan fingerprint density at radius 3 is 2.67 bits per heavy atom. The van der Waals surface area contributed by atoms with Crippen molar-refractivity contribution in [1.29, 1.82) is 0 Å². The van der Waals surface area contributed by atoms with Crippen molar-refractivity contribution in [2.45, 2.75) is 30.4 Å². The summed E-state index contributed by atoms with van der Waals surface area (Å²) in [6.45, 7) is -0.590. The average molecular weight is 466 g/mol. The van der Waals surface area contributed by atoms with Gasteiger partial charge in [0.25, 0.3) is 5.85 Å². The Bertz CT molecular complexity index is 991. The molecule has 0 bridgehead atoms. The van der Waals surface area contributed by atoms with Crippen LogP contribution in [-0.4, -0.2) is 54.5 Å². The molecule has 30 heavy (non-hydrogen) atoms. The van der Waals surface area contributed by atoms with Crippen LogP contribution in [0.25, 0.3) is 0 Å². The number of nitrogens with zero attached hydrogens (tertiary/aromatic N) is 2. The van der Waals surface area contributed by atoms with Crippen molar-refractivity contribution in [2.75, 3.05) is 12.3 Å². The molecule has 6 atom stereocenters. The second-order valence-electron chi connectivity index (χ2n) is 6.17. The molecule has 2 aromatic rings. The third-order valence-electron chi connectivity index (χ3n) is 4.09. The summed E-state index contributed by atoms with van der Waals surface area (Å²) in [5.41, 5.74) is 4.57. The summed E-state index contributed by atoms with van der Waals surface area (Å²) in [4.78, 5) is 34.1. The van der Waals surface area contributed by atoms with Gasteiger partial charge in [0.1, 0.15) is 36.5 Å². The number of furan rings is 1. The summed E-state index contributed by atoms with van der Waals surface area (Å²) in [7, 11) is -7.99. The van der Waals surface area contributed by atoms with Crippen molar-refractivity contribution >= 4 is 21.7 Å². The molecule has 164 valence electrons. The summed E-state index contributed by atoms with van der Waals surface area (Å²) in [5.74, 6) is -2.28. The molecule has 6 N–H and O–H groups in total. The molecule has 2 aromatic heterocycles. The minimum absolute atomic E-state index is 0.0468. The molecule has 14 nitrogen and oxygen atoms in total. The Morgan fingerprint density at radius 2 is 2.07 bits per heavy atom. The summed E-state index contributed by atoms with van der Waals surface area (Å²) in [6.07, 6.45) is -3.29. The predicted molar refractivity (Wildman–Crippen MR) is 97.0 cm³/mol. The molecule has 3 heterocycles. The van der Waals surface area contributed by atoms with Gasteiger partial charge in [-0.2, -0.15) is 4.98 Å². The first kappa shape index (κ1) is 22.7. The zero-order valence-electron chi connectivity index (χ0n) is 15.0. The quantitative estimate of drug-likeness (QED) is 0.313. The number of hydrogen-bond acceptors (Lipinski definition) is 11. The Labute approximate surface area is 168 Å². The Balaban J connectivity index is 1.63. The fourth-order valence-electron chi connectivity index (χ4n) is 2.67. The molecular weight excluding hydrogens is 448 g/mol. The van der Waals surface area contributed by atoms with E-state index in [1.807, 2.05) is 0 Å². The highest BCUT2D eigenvalue weighted by Crippen LogP contribution is 2.56. The Morgan fingerprint density at radius 1 is 1.33 bits per heavy atom. The standard InChI is InChI=1S/C14H17N3O11P2/c15-9-3-4-17(14(20)16-9)12-11(19)10(18)8(27-12)6-26-29(21)28-13(30(22,23)24)7-2-1-5-25-7/h1-5,8,10-13,18-19H,6H2,(H3-,15,16,20,22,23,24)/p+1/t8-,10-,11-,12-,13-/m1/s1. The second-order valence-corrected chi connectivity index (χ2v) is 8.73. The number of ether oxygens (including phenoxy) is 1. The van der Waals surface area contributed by atoms with Gasteiger partial charge < -0.3 is 34.9 Å². The lowest BCUT2D eigenvalue weighted by atomic mass is 10.1. The van der Waals surface area contributed by atoms with E-state index in [9.17, 15) is 33.9 Å². The molecular formula is C14H18N3O11P2+. The molecule has 16 heteroatoms. The normalized spacial score (nSPS) is 25.9. The fourth-order valence-corrected chi connectivity index (χ4v) is 4.47. The van der Waals surface area contributed by atoms with E-state index in [4.69, 9.17) is 23.9 Å². The molecule has 0 saturated carbocycles. The molecule has 0 aliphatic carbocycles. The number of aliphatic hydroxyl groups excluding tert-OH is 2. The molecule has 1 aliphatic heterocycles. The van der Waals surface area contributed by atoms with Crippen molar-refractivity contribution in [3.8, 4) is 0 Å². The van der Waals surface area contributed by atoms with Gasteiger partial charge in [0.05, 0.1) is 6.26 Å². The molecule has 0 aromatic carbocycles. The molecule has 1 aliphatic rings. The van der Waals surface area contributed by atoms with Crippen LogP contribution in [0.5, 0.6) is 0 Å². The number of anilines is 1. The van der Waals surface area contributed by atoms with Gasteiger partial charge in [-0.05, 0) is 18.2 Å². The van der Waals surface area contributed by atoms with Crippen molar-refractivity contribution in [3.63, 3.8) is 0 Å². The van der Waals surface area contributed by atoms with E-state index in [1.165, 1.54) is 24.4 Å². The first-order valence-corrected chi connectivity index (χ1v) is 11.1. The third kappa shape index (κ3) is 5.01. The monoisotopic (exact) mass is 466 g/mol. The first-order valence-electron chi connectivity index (χ1n) is 8.29. The highest BCUT2D eigenvalue weighted by molar-refractivity contribution is 7.52. The maximum atomic E-state index is 12.0. The molecule has 1 fully saturated rings. The van der Waals surface area contributed by atoms with Crippen LogP contribution in [0.4, 0.5) is 5.82 Å². The van der Waals surface area contributed by atoms with Crippen LogP contribution >= 0.6 is 15.9 Å². The summed E-state index contributed by atoms with van der Waals surface area (Å²) in [5, 5.41) is 20.3. The van der Waals surface area contributed by atoms with Crippen LogP contribution in [0.3, 0.4) is 0 Å². The fraction of sp³-hybridized carbons (Fsp3) is 0.429. The second kappa shape index (κ2) is 9.02. The molecule has 3 rings (SSSR count). The third-order valence-corrected chi connectivity index (χ3v) is 5.97. The number of rotatable bonds is 8. The van der Waals surface area contributed by atoms with Crippen molar-refractivity contribution in [3.05, 3.63) is 46.9 Å². The maximum Gasteiger partial charge on any atom is 0.698 e. The average Bonchev–Trinajstić information content (AvgIpc) is 3.27. The van der Waals surface area contributed by atoms with Gasteiger partial charge in [-0.15, -0.1) is 4.52 Å². The number of nitrogens with two attached hydrogens (primary N) is 1. The van der Waals surface area contributed by atoms with Crippen molar-refractivity contribution in [1.82, 2.24) is 9.55 Å². The molecule has 0 spiro atoms. The maximum absolute atomic E-state index is 12.0. The zero-order valence-corrected chi connectivity index (χ0v) is 16.8. The van der Waals surface area contributed by atoms with Gasteiger partial charge in [-0.25, -0.2) is 4.79 Å². The molecule has 1 saturated heterocycles. The lowest BCUT2D eigenvalue weighted by molar-refractivity contribution is -0.0524. The number of aliphatic hydroxyl groups is 2. The van der Waals surface area contributed by atoms with Crippen LogP contribution in [-0.2, 0) is 22.9 Å². The van der Waals surface area contributed by atoms with E-state index >= 15 is 0 Å². The van der Waals surface area contributed by atoms with E-state index in [1.54, 1.807) is 0 Å². The first-order chi connectivity index (χ1) is 14.1. The van der Waals surface area contributed by atoms with Gasteiger partial charge in [0, 0.05) is 10.8 Å². The van der Waals surface area contributed by atoms with E-state index in [-0.39, 0.29) is 11.6 Å². The van der Waals surface area contributed by atoms with Crippen LogP contribution in [0, 0.1) is 0 Å².